The summed E-state index contributed by atoms with van der Waals surface area (Å²) in [6.07, 6.45) is 0. The SMILES string of the molecule is COc1cc2nc(N3CCN[C@H](C(=O)NC(C)(C)C)C3)nc(N)c2cc1OC. The molecular weight excluding hydrogens is 360 g/mol. The number of piperazine rings is 1. The van der Waals surface area contributed by atoms with E-state index in [4.69, 9.17) is 15.2 Å². The largest absolute Gasteiger partial charge is 0.493 e. The minimum atomic E-state index is -0.348. The fourth-order valence-corrected chi connectivity index (χ4v) is 3.17. The van der Waals surface area contributed by atoms with E-state index in [0.717, 1.165) is 0 Å². The number of ether oxygens (including phenoxy) is 2. The molecule has 1 amide bonds. The molecule has 1 aliphatic rings. The first-order valence-electron chi connectivity index (χ1n) is 9.21. The summed E-state index contributed by atoms with van der Waals surface area (Å²) in [5.41, 5.74) is 6.56. The number of anilines is 2. The number of rotatable bonds is 4. The van der Waals surface area contributed by atoms with Crippen molar-refractivity contribution < 1.29 is 14.3 Å². The first-order chi connectivity index (χ1) is 13.2. The Bertz CT molecular complexity index is 880. The van der Waals surface area contributed by atoms with E-state index in [9.17, 15) is 4.79 Å². The molecule has 1 aromatic carbocycles. The highest BCUT2D eigenvalue weighted by Gasteiger charge is 2.29. The van der Waals surface area contributed by atoms with E-state index in [1.807, 2.05) is 25.7 Å². The van der Waals surface area contributed by atoms with E-state index in [-0.39, 0.29) is 17.5 Å². The molecule has 0 aliphatic carbocycles. The number of nitrogens with zero attached hydrogens (tertiary/aromatic N) is 3. The summed E-state index contributed by atoms with van der Waals surface area (Å²) >= 11 is 0. The summed E-state index contributed by atoms with van der Waals surface area (Å²) in [5.74, 6) is 1.95. The Morgan fingerprint density at radius 3 is 2.57 bits per heavy atom. The van der Waals surface area contributed by atoms with Crippen molar-refractivity contribution in [2.24, 2.45) is 0 Å². The van der Waals surface area contributed by atoms with Crippen molar-refractivity contribution in [3.05, 3.63) is 12.1 Å². The van der Waals surface area contributed by atoms with Crippen molar-refractivity contribution in [2.75, 3.05) is 44.5 Å². The standard InChI is InChI=1S/C19H28N6O3/c1-19(2,3)24-17(26)13-10-25(7-6-21-13)18-22-12-9-15(28-5)14(27-4)8-11(12)16(20)23-18/h8-9,13,21H,6-7,10H2,1-5H3,(H,24,26)(H2,20,22,23)/t13-/m0/s1. The molecule has 9 heteroatoms. The smallest absolute Gasteiger partial charge is 0.239 e. The lowest BCUT2D eigenvalue weighted by molar-refractivity contribution is -0.124. The Balaban J connectivity index is 1.89. The Labute approximate surface area is 164 Å². The van der Waals surface area contributed by atoms with E-state index in [1.54, 1.807) is 26.4 Å². The molecule has 2 aromatic rings. The highest BCUT2D eigenvalue weighted by Crippen LogP contribution is 2.34. The van der Waals surface area contributed by atoms with Crippen LogP contribution in [-0.2, 0) is 4.79 Å². The molecule has 0 bridgehead atoms. The lowest BCUT2D eigenvalue weighted by Gasteiger charge is -2.34. The summed E-state index contributed by atoms with van der Waals surface area (Å²) in [6, 6.07) is 3.20. The van der Waals surface area contributed by atoms with Gasteiger partial charge in [0.05, 0.1) is 19.7 Å². The number of nitrogens with one attached hydrogen (secondary N) is 2. The highest BCUT2D eigenvalue weighted by molar-refractivity contribution is 5.92. The van der Waals surface area contributed by atoms with Gasteiger partial charge in [0.2, 0.25) is 11.9 Å². The van der Waals surface area contributed by atoms with Gasteiger partial charge in [-0.15, -0.1) is 0 Å². The van der Waals surface area contributed by atoms with Crippen molar-refractivity contribution in [1.82, 2.24) is 20.6 Å². The van der Waals surface area contributed by atoms with Crippen molar-refractivity contribution >= 4 is 28.6 Å². The zero-order valence-electron chi connectivity index (χ0n) is 17.0. The summed E-state index contributed by atoms with van der Waals surface area (Å²) < 4.78 is 10.7. The molecule has 1 aromatic heterocycles. The van der Waals surface area contributed by atoms with Gasteiger partial charge in [0, 0.05) is 36.6 Å². The Hall–Kier alpha value is -2.81. The van der Waals surface area contributed by atoms with Gasteiger partial charge in [-0.05, 0) is 26.8 Å². The molecule has 0 spiro atoms. The van der Waals surface area contributed by atoms with Gasteiger partial charge < -0.3 is 30.7 Å². The van der Waals surface area contributed by atoms with Crippen molar-refractivity contribution in [2.45, 2.75) is 32.4 Å². The van der Waals surface area contributed by atoms with Crippen LogP contribution >= 0.6 is 0 Å². The zero-order valence-corrected chi connectivity index (χ0v) is 17.0. The van der Waals surface area contributed by atoms with Crippen molar-refractivity contribution in [3.8, 4) is 11.5 Å². The molecule has 2 heterocycles. The van der Waals surface area contributed by atoms with E-state index in [2.05, 4.69) is 20.6 Å². The number of nitrogen functional groups attached to an aromatic ring is 1. The van der Waals surface area contributed by atoms with Crippen LogP contribution in [-0.4, -0.2) is 61.3 Å². The number of hydrogen-bond donors (Lipinski definition) is 3. The predicted molar refractivity (Wildman–Crippen MR) is 109 cm³/mol. The van der Waals surface area contributed by atoms with Gasteiger partial charge in [0.15, 0.2) is 11.5 Å². The van der Waals surface area contributed by atoms with E-state index < -0.39 is 0 Å². The van der Waals surface area contributed by atoms with Gasteiger partial charge in [-0.25, -0.2) is 4.98 Å². The monoisotopic (exact) mass is 388 g/mol. The molecule has 0 radical (unpaired) electrons. The lowest BCUT2D eigenvalue weighted by atomic mass is 10.1. The maximum absolute atomic E-state index is 12.5. The molecule has 28 heavy (non-hydrogen) atoms. The number of methoxy groups -OCH3 is 2. The van der Waals surface area contributed by atoms with E-state index in [1.165, 1.54) is 0 Å². The average molecular weight is 388 g/mol. The molecule has 3 rings (SSSR count). The summed E-state index contributed by atoms with van der Waals surface area (Å²) in [4.78, 5) is 23.6. The van der Waals surface area contributed by atoms with Gasteiger partial charge >= 0.3 is 0 Å². The topological polar surface area (TPSA) is 115 Å². The third-order valence-electron chi connectivity index (χ3n) is 4.49. The van der Waals surface area contributed by atoms with Crippen molar-refractivity contribution in [3.63, 3.8) is 0 Å². The molecule has 0 saturated carbocycles. The first kappa shape index (κ1) is 19.9. The van der Waals surface area contributed by atoms with Crippen LogP contribution in [0.3, 0.4) is 0 Å². The van der Waals surface area contributed by atoms with Gasteiger partial charge in [0.25, 0.3) is 0 Å². The van der Waals surface area contributed by atoms with Gasteiger partial charge in [-0.1, -0.05) is 0 Å². The fraction of sp³-hybridized carbons (Fsp3) is 0.526. The molecule has 1 aliphatic heterocycles. The molecule has 4 N–H and O–H groups in total. The number of carbonyl (C=O) groups is 1. The van der Waals surface area contributed by atoms with Crippen LogP contribution < -0.4 is 30.7 Å². The number of hydrogen-bond acceptors (Lipinski definition) is 8. The normalized spacial score (nSPS) is 17.5. The summed E-state index contributed by atoms with van der Waals surface area (Å²) in [6.45, 7) is 7.66. The molecule has 1 saturated heterocycles. The summed E-state index contributed by atoms with van der Waals surface area (Å²) in [5, 5.41) is 6.95. The molecular formula is C19H28N6O3. The van der Waals surface area contributed by atoms with Gasteiger partial charge in [-0.2, -0.15) is 4.98 Å². The quantitative estimate of drug-likeness (QED) is 0.708. The second-order valence-corrected chi connectivity index (χ2v) is 7.83. The molecule has 1 atom stereocenters. The zero-order chi connectivity index (χ0) is 20.5. The number of fused-ring (bicyclic) bond motifs is 1. The minimum absolute atomic E-state index is 0.0441. The van der Waals surface area contributed by atoms with Crippen molar-refractivity contribution in [1.29, 1.82) is 0 Å². The third kappa shape index (κ3) is 4.19. The van der Waals surface area contributed by atoms with Crippen LogP contribution in [0.25, 0.3) is 10.9 Å². The number of amides is 1. The first-order valence-corrected chi connectivity index (χ1v) is 9.21. The number of nitrogens with two attached hydrogens (primary N) is 1. The predicted octanol–water partition coefficient (Wildman–Crippen LogP) is 0.922. The van der Waals surface area contributed by atoms with E-state index in [0.29, 0.717) is 53.8 Å². The Morgan fingerprint density at radius 1 is 1.25 bits per heavy atom. The number of benzene rings is 1. The third-order valence-corrected chi connectivity index (χ3v) is 4.49. The van der Waals surface area contributed by atoms with Crippen LogP contribution in [0.4, 0.5) is 11.8 Å². The second-order valence-electron chi connectivity index (χ2n) is 7.83. The Morgan fingerprint density at radius 2 is 1.93 bits per heavy atom. The molecule has 0 unspecified atom stereocenters. The Kier molecular flexibility index (Phi) is 5.46. The molecule has 152 valence electrons. The second kappa shape index (κ2) is 7.67. The van der Waals surface area contributed by atoms with Crippen LogP contribution in [0.5, 0.6) is 11.5 Å². The average Bonchev–Trinajstić information content (AvgIpc) is 2.65. The lowest BCUT2D eigenvalue weighted by Crippen LogP contribution is -2.59. The molecule has 1 fully saturated rings. The van der Waals surface area contributed by atoms with Gasteiger partial charge in [0.1, 0.15) is 11.9 Å². The van der Waals surface area contributed by atoms with Gasteiger partial charge in [-0.3, -0.25) is 4.79 Å². The maximum atomic E-state index is 12.5. The maximum Gasteiger partial charge on any atom is 0.239 e. The van der Waals surface area contributed by atoms with E-state index >= 15 is 0 Å². The molecule has 9 nitrogen and oxygen atoms in total. The highest BCUT2D eigenvalue weighted by atomic mass is 16.5. The minimum Gasteiger partial charge on any atom is -0.493 e. The van der Waals surface area contributed by atoms with Crippen LogP contribution in [0.15, 0.2) is 12.1 Å². The number of aromatic nitrogens is 2. The summed E-state index contributed by atoms with van der Waals surface area (Å²) in [7, 11) is 3.14. The number of carbonyl (C=O) groups excluding carboxylic acids is 1. The fourth-order valence-electron chi connectivity index (χ4n) is 3.17. The van der Waals surface area contributed by atoms with Crippen LogP contribution in [0.2, 0.25) is 0 Å². The van der Waals surface area contributed by atoms with Crippen LogP contribution in [0, 0.1) is 0 Å². The van der Waals surface area contributed by atoms with Crippen LogP contribution in [0.1, 0.15) is 20.8 Å².